The number of nitrogens with zero attached hydrogens (tertiary/aromatic N) is 2. The minimum Gasteiger partial charge on any atom is -0.481 e. The van der Waals surface area contributed by atoms with E-state index >= 15 is 0 Å². The molecule has 0 unspecified atom stereocenters. The highest BCUT2D eigenvalue weighted by Gasteiger charge is 2.13. The van der Waals surface area contributed by atoms with E-state index < -0.39 is 5.97 Å². The van der Waals surface area contributed by atoms with E-state index in [-0.39, 0.29) is 12.2 Å². The van der Waals surface area contributed by atoms with Gasteiger partial charge in [0.05, 0.1) is 12.1 Å². The number of rotatable bonds is 4. The largest absolute Gasteiger partial charge is 0.481 e. The SMILES string of the molecule is O=C(O)CCc1csc2nc(-c3cc(Br)ccc3F)cn12. The summed E-state index contributed by atoms with van der Waals surface area (Å²) in [5, 5.41) is 10.6. The average molecular weight is 369 g/mol. The van der Waals surface area contributed by atoms with Gasteiger partial charge in [-0.3, -0.25) is 9.20 Å². The molecule has 0 bridgehead atoms. The van der Waals surface area contributed by atoms with Crippen LogP contribution in [0.15, 0.2) is 34.2 Å². The van der Waals surface area contributed by atoms with Gasteiger partial charge in [-0.05, 0) is 24.6 Å². The Balaban J connectivity index is 2.01. The highest BCUT2D eigenvalue weighted by Crippen LogP contribution is 2.28. The zero-order valence-electron chi connectivity index (χ0n) is 10.7. The number of halogens is 2. The van der Waals surface area contributed by atoms with Crippen molar-refractivity contribution in [2.24, 2.45) is 0 Å². The molecular weight excluding hydrogens is 359 g/mol. The first kappa shape index (κ1) is 14.2. The first-order valence-corrected chi connectivity index (χ1v) is 7.84. The molecule has 0 spiro atoms. The van der Waals surface area contributed by atoms with Crippen LogP contribution < -0.4 is 0 Å². The van der Waals surface area contributed by atoms with E-state index in [9.17, 15) is 9.18 Å². The van der Waals surface area contributed by atoms with Crippen LogP contribution in [0, 0.1) is 5.82 Å². The minimum absolute atomic E-state index is 0.0601. The molecule has 4 nitrogen and oxygen atoms in total. The first-order chi connectivity index (χ1) is 10.0. The van der Waals surface area contributed by atoms with E-state index in [0.29, 0.717) is 17.7 Å². The number of aryl methyl sites for hydroxylation is 1. The summed E-state index contributed by atoms with van der Waals surface area (Å²) in [4.78, 5) is 15.8. The van der Waals surface area contributed by atoms with Crippen molar-refractivity contribution in [2.45, 2.75) is 12.8 Å². The monoisotopic (exact) mass is 368 g/mol. The first-order valence-electron chi connectivity index (χ1n) is 6.17. The Morgan fingerprint density at radius 2 is 2.29 bits per heavy atom. The number of hydrogen-bond donors (Lipinski definition) is 1. The van der Waals surface area contributed by atoms with Crippen LogP contribution in [0.25, 0.3) is 16.2 Å². The Bertz CT molecular complexity index is 828. The molecule has 0 radical (unpaired) electrons. The fourth-order valence-electron chi connectivity index (χ4n) is 2.07. The van der Waals surface area contributed by atoms with Crippen molar-refractivity contribution >= 4 is 38.2 Å². The lowest BCUT2D eigenvalue weighted by Crippen LogP contribution is -1.99. The van der Waals surface area contributed by atoms with E-state index in [0.717, 1.165) is 15.1 Å². The molecule has 0 saturated carbocycles. The second-order valence-electron chi connectivity index (χ2n) is 4.52. The number of carboxylic acids is 1. The minimum atomic E-state index is -0.840. The maximum atomic E-state index is 13.9. The molecule has 0 saturated heterocycles. The van der Waals surface area contributed by atoms with Crippen molar-refractivity contribution in [3.05, 3.63) is 45.8 Å². The zero-order chi connectivity index (χ0) is 15.0. The predicted octanol–water partition coefficient (Wildman–Crippen LogP) is 3.98. The van der Waals surface area contributed by atoms with E-state index in [1.54, 1.807) is 18.3 Å². The number of aromatic nitrogens is 2. The van der Waals surface area contributed by atoms with Crippen LogP contribution in [-0.4, -0.2) is 20.5 Å². The number of benzene rings is 1. The summed E-state index contributed by atoms with van der Waals surface area (Å²) in [7, 11) is 0. The number of fused-ring (bicyclic) bond motifs is 1. The third-order valence-electron chi connectivity index (χ3n) is 3.08. The highest BCUT2D eigenvalue weighted by atomic mass is 79.9. The van der Waals surface area contributed by atoms with Crippen LogP contribution in [0.5, 0.6) is 0 Å². The van der Waals surface area contributed by atoms with Crippen molar-refractivity contribution in [2.75, 3.05) is 0 Å². The molecule has 1 N–H and O–H groups in total. The fourth-order valence-corrected chi connectivity index (χ4v) is 3.34. The second-order valence-corrected chi connectivity index (χ2v) is 6.28. The third kappa shape index (κ3) is 2.84. The van der Waals surface area contributed by atoms with Gasteiger partial charge in [0.25, 0.3) is 0 Å². The van der Waals surface area contributed by atoms with E-state index in [1.165, 1.54) is 17.4 Å². The fraction of sp³-hybridized carbons (Fsp3) is 0.143. The van der Waals surface area contributed by atoms with Gasteiger partial charge in [-0.15, -0.1) is 11.3 Å². The molecule has 2 heterocycles. The Labute approximate surface area is 132 Å². The molecule has 2 aromatic heterocycles. The molecule has 108 valence electrons. The molecule has 0 atom stereocenters. The van der Waals surface area contributed by atoms with Gasteiger partial charge in [-0.25, -0.2) is 9.37 Å². The van der Waals surface area contributed by atoms with Crippen LogP contribution >= 0.6 is 27.3 Å². The van der Waals surface area contributed by atoms with Crippen molar-refractivity contribution in [1.29, 1.82) is 0 Å². The van der Waals surface area contributed by atoms with Crippen LogP contribution in [0.1, 0.15) is 12.1 Å². The lowest BCUT2D eigenvalue weighted by Gasteiger charge is -2.00. The predicted molar refractivity (Wildman–Crippen MR) is 82.1 cm³/mol. The van der Waals surface area contributed by atoms with Gasteiger partial charge in [-0.1, -0.05) is 15.9 Å². The summed E-state index contributed by atoms with van der Waals surface area (Å²) >= 11 is 4.74. The van der Waals surface area contributed by atoms with Crippen molar-refractivity contribution < 1.29 is 14.3 Å². The van der Waals surface area contributed by atoms with Gasteiger partial charge in [0, 0.05) is 27.3 Å². The lowest BCUT2D eigenvalue weighted by molar-refractivity contribution is -0.136. The zero-order valence-corrected chi connectivity index (χ0v) is 13.1. The molecule has 3 aromatic rings. The standard InChI is InChI=1S/C14H10BrFN2O2S/c15-8-1-3-11(16)10(5-8)12-6-18-9(2-4-13(19)20)7-21-14(18)17-12/h1,3,5-7H,2,4H2,(H,19,20). The second kappa shape index (κ2) is 5.57. The number of imidazole rings is 1. The maximum Gasteiger partial charge on any atom is 0.303 e. The molecule has 0 aliphatic rings. The molecule has 0 aliphatic heterocycles. The molecule has 0 amide bonds. The molecular formula is C14H10BrFN2O2S. The van der Waals surface area contributed by atoms with E-state index in [1.807, 2.05) is 9.78 Å². The summed E-state index contributed by atoms with van der Waals surface area (Å²) in [6.45, 7) is 0. The normalized spacial score (nSPS) is 11.1. The lowest BCUT2D eigenvalue weighted by atomic mass is 10.1. The number of hydrogen-bond acceptors (Lipinski definition) is 3. The smallest absolute Gasteiger partial charge is 0.303 e. The van der Waals surface area contributed by atoms with E-state index in [2.05, 4.69) is 20.9 Å². The molecule has 7 heteroatoms. The maximum absolute atomic E-state index is 13.9. The number of carbonyl (C=O) groups is 1. The molecule has 21 heavy (non-hydrogen) atoms. The topological polar surface area (TPSA) is 54.6 Å². The van der Waals surface area contributed by atoms with Crippen LogP contribution in [-0.2, 0) is 11.2 Å². The summed E-state index contributed by atoms with van der Waals surface area (Å²) in [5.41, 5.74) is 1.83. The van der Waals surface area contributed by atoms with Gasteiger partial charge in [0.2, 0.25) is 0 Å². The summed E-state index contributed by atoms with van der Waals surface area (Å²) in [6, 6.07) is 4.70. The van der Waals surface area contributed by atoms with E-state index in [4.69, 9.17) is 5.11 Å². The average Bonchev–Trinajstić information content (AvgIpc) is 2.99. The number of carboxylic acid groups (broad SMARTS) is 1. The molecule has 0 aliphatic carbocycles. The molecule has 3 rings (SSSR count). The van der Waals surface area contributed by atoms with Crippen molar-refractivity contribution in [1.82, 2.24) is 9.38 Å². The van der Waals surface area contributed by atoms with Crippen molar-refractivity contribution in [3.63, 3.8) is 0 Å². The van der Waals surface area contributed by atoms with Gasteiger partial charge in [-0.2, -0.15) is 0 Å². The van der Waals surface area contributed by atoms with Crippen LogP contribution in [0.4, 0.5) is 4.39 Å². The van der Waals surface area contributed by atoms with Gasteiger partial charge < -0.3 is 5.11 Å². The quantitative estimate of drug-likeness (QED) is 0.757. The van der Waals surface area contributed by atoms with Gasteiger partial charge in [0.1, 0.15) is 5.82 Å². The number of thiazole rings is 1. The Morgan fingerprint density at radius 1 is 1.48 bits per heavy atom. The Kier molecular flexibility index (Phi) is 3.77. The molecule has 0 fully saturated rings. The third-order valence-corrected chi connectivity index (χ3v) is 4.46. The summed E-state index contributed by atoms with van der Waals surface area (Å²) in [5.74, 6) is -1.18. The summed E-state index contributed by atoms with van der Waals surface area (Å²) < 4.78 is 16.5. The van der Waals surface area contributed by atoms with Gasteiger partial charge in [0.15, 0.2) is 4.96 Å². The van der Waals surface area contributed by atoms with Crippen LogP contribution in [0.3, 0.4) is 0 Å². The summed E-state index contributed by atoms with van der Waals surface area (Å²) in [6.07, 6.45) is 2.23. The molecule has 1 aromatic carbocycles. The highest BCUT2D eigenvalue weighted by molar-refractivity contribution is 9.10. The van der Waals surface area contributed by atoms with Gasteiger partial charge >= 0.3 is 5.97 Å². The van der Waals surface area contributed by atoms with Crippen molar-refractivity contribution in [3.8, 4) is 11.3 Å². The Morgan fingerprint density at radius 3 is 3.05 bits per heavy atom. The van der Waals surface area contributed by atoms with Crippen LogP contribution in [0.2, 0.25) is 0 Å². The Hall–Kier alpha value is -1.73. The number of aliphatic carboxylic acids is 1.